The van der Waals surface area contributed by atoms with Gasteiger partial charge in [0.2, 0.25) is 0 Å². The molecule has 40 heavy (non-hydrogen) atoms. The highest BCUT2D eigenvalue weighted by Gasteiger charge is 2.32. The molecule has 0 radical (unpaired) electrons. The molecule has 0 aliphatic heterocycles. The maximum atomic E-state index is 15.3. The van der Waals surface area contributed by atoms with Crippen LogP contribution in [0.15, 0.2) is 50.8 Å². The van der Waals surface area contributed by atoms with Crippen molar-refractivity contribution in [2.45, 2.75) is 39.7 Å². The molecule has 2 heterocycles. The summed E-state index contributed by atoms with van der Waals surface area (Å²) in [6.45, 7) is 4.94. The minimum Gasteiger partial charge on any atom is -0.354 e. The minimum absolute atomic E-state index is 0.0340. The Hall–Kier alpha value is -4.23. The van der Waals surface area contributed by atoms with E-state index in [1.165, 1.54) is 30.8 Å². The van der Waals surface area contributed by atoms with Crippen LogP contribution in [0.4, 0.5) is 21.5 Å². The van der Waals surface area contributed by atoms with Crippen LogP contribution in [0.3, 0.4) is 0 Å². The van der Waals surface area contributed by atoms with E-state index in [1.54, 1.807) is 45.0 Å². The van der Waals surface area contributed by atoms with Gasteiger partial charge in [-0.25, -0.2) is 18.5 Å². The van der Waals surface area contributed by atoms with Crippen molar-refractivity contribution in [3.63, 3.8) is 0 Å². The molecule has 0 unspecified atom stereocenters. The second-order valence-corrected chi connectivity index (χ2v) is 11.6. The van der Waals surface area contributed by atoms with E-state index >= 15 is 4.39 Å². The molecule has 0 bridgehead atoms. The topological polar surface area (TPSA) is 136 Å². The fourth-order valence-corrected chi connectivity index (χ4v) is 5.44. The van der Waals surface area contributed by atoms with Gasteiger partial charge in [-0.1, -0.05) is 12.1 Å². The zero-order chi connectivity index (χ0) is 29.1. The number of aromatic nitrogens is 3. The summed E-state index contributed by atoms with van der Waals surface area (Å²) < 4.78 is 47.5. The third-order valence-electron chi connectivity index (χ3n) is 7.20. The second-order valence-electron chi connectivity index (χ2n) is 9.95. The van der Waals surface area contributed by atoms with Crippen LogP contribution in [0.5, 0.6) is 0 Å². The molecule has 2 aromatic carbocycles. The van der Waals surface area contributed by atoms with Crippen molar-refractivity contribution in [2.24, 2.45) is 7.05 Å². The molecule has 0 saturated heterocycles. The lowest BCUT2D eigenvalue weighted by molar-refractivity contribution is 0.593. The Morgan fingerprint density at radius 2 is 1.62 bits per heavy atom. The standard InChI is InChI=1S/C27H29FN6O5S/c1-14-9-12-21(18(28)13-14)34-24-22(26(36)33(27(34)37)17-10-11-17)23(16(3)25(35)32(24)5)30-19-7-6-8-20(15(19)2)31-40(38,39)29-4/h6-9,12-13,17,29-31H,10-11H2,1-5H3. The van der Waals surface area contributed by atoms with E-state index in [-0.39, 0.29) is 39.7 Å². The Balaban J connectivity index is 1.86. The Morgan fingerprint density at radius 3 is 2.25 bits per heavy atom. The maximum absolute atomic E-state index is 15.3. The summed E-state index contributed by atoms with van der Waals surface area (Å²) in [6, 6.07) is 8.90. The highest BCUT2D eigenvalue weighted by molar-refractivity contribution is 7.90. The van der Waals surface area contributed by atoms with Crippen LogP contribution in [0.2, 0.25) is 0 Å². The van der Waals surface area contributed by atoms with Crippen LogP contribution in [0.25, 0.3) is 16.7 Å². The normalized spacial score (nSPS) is 13.6. The number of hydrogen-bond donors (Lipinski definition) is 3. The van der Waals surface area contributed by atoms with Crippen molar-refractivity contribution in [2.75, 3.05) is 17.1 Å². The van der Waals surface area contributed by atoms with Gasteiger partial charge in [0.15, 0.2) is 0 Å². The summed E-state index contributed by atoms with van der Waals surface area (Å²) >= 11 is 0. The Kier molecular flexibility index (Phi) is 6.66. The first-order valence-corrected chi connectivity index (χ1v) is 14.1. The summed E-state index contributed by atoms with van der Waals surface area (Å²) in [4.78, 5) is 41.2. The fraction of sp³-hybridized carbons (Fsp3) is 0.296. The average molecular weight is 569 g/mol. The molecule has 1 fully saturated rings. The molecule has 0 atom stereocenters. The van der Waals surface area contributed by atoms with Crippen LogP contribution in [-0.4, -0.2) is 29.2 Å². The third-order valence-corrected chi connectivity index (χ3v) is 8.22. The van der Waals surface area contributed by atoms with Crippen molar-refractivity contribution in [1.82, 2.24) is 18.4 Å². The molecule has 210 valence electrons. The predicted octanol–water partition coefficient (Wildman–Crippen LogP) is 2.87. The SMILES string of the molecule is CNS(=O)(=O)Nc1cccc(Nc2c(C)c(=O)n(C)c3c2c(=O)n(C2CC2)c(=O)n3-c2ccc(C)cc2F)c1C. The molecule has 13 heteroatoms. The quantitative estimate of drug-likeness (QED) is 0.314. The largest absolute Gasteiger partial charge is 0.354 e. The number of benzene rings is 2. The van der Waals surface area contributed by atoms with Crippen LogP contribution in [0, 0.1) is 26.6 Å². The Bertz CT molecular complexity index is 1990. The molecule has 1 saturated carbocycles. The number of halogens is 1. The first-order valence-electron chi connectivity index (χ1n) is 12.6. The molecule has 1 aliphatic carbocycles. The number of fused-ring (bicyclic) bond motifs is 1. The van der Waals surface area contributed by atoms with Crippen molar-refractivity contribution in [3.05, 3.63) is 90.1 Å². The number of nitrogens with one attached hydrogen (secondary N) is 3. The molecule has 1 aliphatic rings. The van der Waals surface area contributed by atoms with Crippen LogP contribution >= 0.6 is 0 Å². The molecule has 0 amide bonds. The summed E-state index contributed by atoms with van der Waals surface area (Å²) in [7, 11) is -1.10. The van der Waals surface area contributed by atoms with E-state index in [0.29, 0.717) is 29.7 Å². The zero-order valence-electron chi connectivity index (χ0n) is 22.6. The summed E-state index contributed by atoms with van der Waals surface area (Å²) in [6.07, 6.45) is 1.24. The number of rotatable bonds is 7. The summed E-state index contributed by atoms with van der Waals surface area (Å²) in [5.74, 6) is -0.674. The lowest BCUT2D eigenvalue weighted by Crippen LogP contribution is -2.42. The van der Waals surface area contributed by atoms with E-state index in [1.807, 2.05) is 0 Å². The van der Waals surface area contributed by atoms with Crippen LogP contribution in [-0.2, 0) is 17.3 Å². The lowest BCUT2D eigenvalue weighted by Gasteiger charge is -2.21. The Morgan fingerprint density at radius 1 is 0.950 bits per heavy atom. The smallest absolute Gasteiger partial charge is 0.337 e. The highest BCUT2D eigenvalue weighted by atomic mass is 32.2. The molecule has 2 aromatic heterocycles. The number of pyridine rings is 1. The molecule has 5 rings (SSSR count). The summed E-state index contributed by atoms with van der Waals surface area (Å²) in [5.41, 5.74) is 0.218. The lowest BCUT2D eigenvalue weighted by atomic mass is 10.1. The number of anilines is 3. The fourth-order valence-electron chi connectivity index (χ4n) is 4.83. The minimum atomic E-state index is -3.81. The third kappa shape index (κ3) is 4.50. The van der Waals surface area contributed by atoms with Crippen molar-refractivity contribution in [1.29, 1.82) is 0 Å². The van der Waals surface area contributed by atoms with Gasteiger partial charge in [-0.15, -0.1) is 0 Å². The van der Waals surface area contributed by atoms with Gasteiger partial charge in [-0.3, -0.25) is 23.4 Å². The van der Waals surface area contributed by atoms with Gasteiger partial charge >= 0.3 is 5.69 Å². The van der Waals surface area contributed by atoms with Crippen molar-refractivity contribution >= 4 is 38.3 Å². The Labute approximate surface area is 229 Å². The number of hydrogen-bond acceptors (Lipinski definition) is 6. The molecule has 3 N–H and O–H groups in total. The van der Waals surface area contributed by atoms with Gasteiger partial charge in [-0.05, 0) is 69.0 Å². The van der Waals surface area contributed by atoms with Gasteiger partial charge in [-0.2, -0.15) is 8.42 Å². The summed E-state index contributed by atoms with van der Waals surface area (Å²) in [5, 5.41) is 3.19. The van der Waals surface area contributed by atoms with Crippen molar-refractivity contribution < 1.29 is 12.8 Å². The van der Waals surface area contributed by atoms with Gasteiger partial charge in [0.1, 0.15) is 16.9 Å². The van der Waals surface area contributed by atoms with Crippen molar-refractivity contribution in [3.8, 4) is 5.69 Å². The maximum Gasteiger partial charge on any atom is 0.337 e. The molecular weight excluding hydrogens is 539 g/mol. The highest BCUT2D eigenvalue weighted by Crippen LogP contribution is 2.35. The predicted molar refractivity (Wildman–Crippen MR) is 153 cm³/mol. The number of nitrogens with zero attached hydrogens (tertiary/aromatic N) is 3. The van der Waals surface area contributed by atoms with Gasteiger partial charge in [0, 0.05) is 31.4 Å². The van der Waals surface area contributed by atoms with Gasteiger partial charge in [0.05, 0.1) is 17.1 Å². The van der Waals surface area contributed by atoms with Crippen LogP contribution < -0.4 is 31.6 Å². The van der Waals surface area contributed by atoms with Crippen LogP contribution in [0.1, 0.15) is 35.6 Å². The number of aryl methyl sites for hydroxylation is 2. The zero-order valence-corrected chi connectivity index (χ0v) is 23.4. The van der Waals surface area contributed by atoms with E-state index in [2.05, 4.69) is 14.8 Å². The van der Waals surface area contributed by atoms with E-state index in [0.717, 1.165) is 9.13 Å². The van der Waals surface area contributed by atoms with Gasteiger partial charge in [0.25, 0.3) is 21.3 Å². The molecule has 4 aromatic rings. The molecule has 11 nitrogen and oxygen atoms in total. The van der Waals surface area contributed by atoms with E-state index in [4.69, 9.17) is 0 Å². The van der Waals surface area contributed by atoms with E-state index in [9.17, 15) is 22.8 Å². The average Bonchev–Trinajstić information content (AvgIpc) is 3.73. The second kappa shape index (κ2) is 9.75. The van der Waals surface area contributed by atoms with E-state index < -0.39 is 32.8 Å². The monoisotopic (exact) mass is 568 g/mol. The molecular formula is C27H29FN6O5S. The molecule has 0 spiro atoms. The first-order chi connectivity index (χ1) is 18.9. The first kappa shape index (κ1) is 27.3. The van der Waals surface area contributed by atoms with Gasteiger partial charge < -0.3 is 5.32 Å².